The lowest BCUT2D eigenvalue weighted by Gasteiger charge is -2.16. The zero-order valence-corrected chi connectivity index (χ0v) is 14.8. The molecule has 0 amide bonds. The first-order chi connectivity index (χ1) is 12.9. The van der Waals surface area contributed by atoms with Crippen LogP contribution in [0.5, 0.6) is 11.5 Å². The van der Waals surface area contributed by atoms with E-state index in [9.17, 15) is 36.1 Å². The van der Waals surface area contributed by atoms with Crippen LogP contribution in [-0.4, -0.2) is 33.2 Å². The van der Waals surface area contributed by atoms with E-state index < -0.39 is 55.6 Å². The minimum absolute atomic E-state index is 0.271. The summed E-state index contributed by atoms with van der Waals surface area (Å²) in [5.74, 6) is -1.82. The third-order valence-corrected chi connectivity index (χ3v) is 4.61. The number of rotatable bonds is 7. The minimum atomic E-state index is -4.71. The molecule has 0 heterocycles. The van der Waals surface area contributed by atoms with E-state index in [1.807, 2.05) is 4.72 Å². The molecule has 0 saturated heterocycles. The van der Waals surface area contributed by atoms with Gasteiger partial charge in [-0.15, -0.1) is 0 Å². The summed E-state index contributed by atoms with van der Waals surface area (Å²) in [7, 11) is -3.50. The van der Waals surface area contributed by atoms with Gasteiger partial charge in [-0.3, -0.25) is 14.8 Å². The number of nitrogens with zero attached hydrogens (tertiary/aromatic N) is 1. The molecule has 1 N–H and O–H groups in total. The van der Waals surface area contributed by atoms with Crippen molar-refractivity contribution >= 4 is 21.4 Å². The molecule has 0 saturated carbocycles. The van der Waals surface area contributed by atoms with Crippen LogP contribution in [0.1, 0.15) is 0 Å². The van der Waals surface area contributed by atoms with Gasteiger partial charge in [0.05, 0.1) is 17.7 Å². The van der Waals surface area contributed by atoms with E-state index in [-0.39, 0.29) is 5.75 Å². The van der Waals surface area contributed by atoms with Crippen LogP contribution in [0.25, 0.3) is 0 Å². The number of sulfonamides is 1. The summed E-state index contributed by atoms with van der Waals surface area (Å²) in [6, 6.07) is 4.90. The van der Waals surface area contributed by atoms with Gasteiger partial charge in [-0.25, -0.2) is 12.8 Å². The highest BCUT2D eigenvalue weighted by Gasteiger charge is 2.30. The minimum Gasteiger partial charge on any atom is -0.495 e. The number of alkyl halides is 3. The Hall–Kier alpha value is -3.09. The van der Waals surface area contributed by atoms with Crippen molar-refractivity contribution in [3.8, 4) is 11.5 Å². The number of non-ortho nitro benzene ring substituents is 1. The molecule has 8 nitrogen and oxygen atoms in total. The number of benzene rings is 2. The van der Waals surface area contributed by atoms with Gasteiger partial charge in [0, 0.05) is 18.2 Å². The zero-order chi connectivity index (χ0) is 21.1. The molecular formula is C15H12F4N2O6S. The average Bonchev–Trinajstić information content (AvgIpc) is 2.59. The molecule has 0 bridgehead atoms. The Balaban J connectivity index is 2.46. The predicted octanol–water partition coefficient (Wildman–Crippen LogP) is 3.48. The first-order valence-electron chi connectivity index (χ1n) is 7.27. The molecule has 28 heavy (non-hydrogen) atoms. The molecule has 0 atom stereocenters. The largest absolute Gasteiger partial charge is 0.495 e. The maximum Gasteiger partial charge on any atom is 0.422 e. The molecule has 0 aliphatic rings. The number of methoxy groups -OCH3 is 1. The van der Waals surface area contributed by atoms with E-state index in [2.05, 4.69) is 4.74 Å². The van der Waals surface area contributed by atoms with Crippen molar-refractivity contribution < 1.29 is 40.4 Å². The maximum atomic E-state index is 13.5. The average molecular weight is 424 g/mol. The van der Waals surface area contributed by atoms with Crippen LogP contribution in [0.2, 0.25) is 0 Å². The molecule has 0 spiro atoms. The molecule has 152 valence electrons. The Labute approximate surface area is 155 Å². The van der Waals surface area contributed by atoms with Gasteiger partial charge in [0.2, 0.25) is 0 Å². The molecule has 0 fully saturated rings. The fourth-order valence-electron chi connectivity index (χ4n) is 2.06. The van der Waals surface area contributed by atoms with Gasteiger partial charge in [0.15, 0.2) is 6.61 Å². The maximum absolute atomic E-state index is 13.5. The number of nitro benzene ring substituents is 1. The molecular weight excluding hydrogens is 412 g/mol. The van der Waals surface area contributed by atoms with Gasteiger partial charge in [-0.1, -0.05) is 0 Å². The SMILES string of the molecule is COc1ccc([N+](=O)[O-])cc1S(=O)(=O)Nc1cc(F)ccc1OCC(F)(F)F. The number of ether oxygens (including phenoxy) is 2. The van der Waals surface area contributed by atoms with Gasteiger partial charge in [-0.2, -0.15) is 13.2 Å². The van der Waals surface area contributed by atoms with Crippen LogP contribution in [-0.2, 0) is 10.0 Å². The molecule has 2 aromatic carbocycles. The van der Waals surface area contributed by atoms with Crippen molar-refractivity contribution in [1.29, 1.82) is 0 Å². The topological polar surface area (TPSA) is 108 Å². The van der Waals surface area contributed by atoms with Gasteiger partial charge in [-0.05, 0) is 18.2 Å². The number of hydrogen-bond donors (Lipinski definition) is 1. The van der Waals surface area contributed by atoms with Gasteiger partial charge in [0.1, 0.15) is 22.2 Å². The van der Waals surface area contributed by atoms with Crippen molar-refractivity contribution in [3.05, 3.63) is 52.3 Å². The second-order valence-electron chi connectivity index (χ2n) is 5.24. The molecule has 0 unspecified atom stereocenters. The van der Waals surface area contributed by atoms with Crippen molar-refractivity contribution in [1.82, 2.24) is 0 Å². The Bertz CT molecular complexity index is 995. The molecule has 2 aromatic rings. The van der Waals surface area contributed by atoms with Crippen LogP contribution in [0.3, 0.4) is 0 Å². The Kier molecular flexibility index (Phi) is 5.97. The number of hydrogen-bond acceptors (Lipinski definition) is 6. The monoisotopic (exact) mass is 424 g/mol. The second kappa shape index (κ2) is 7.88. The van der Waals surface area contributed by atoms with E-state index in [1.165, 1.54) is 0 Å². The van der Waals surface area contributed by atoms with E-state index >= 15 is 0 Å². The summed E-state index contributed by atoms with van der Waals surface area (Å²) < 4.78 is 87.0. The van der Waals surface area contributed by atoms with Gasteiger partial charge >= 0.3 is 6.18 Å². The molecule has 0 aliphatic carbocycles. The summed E-state index contributed by atoms with van der Waals surface area (Å²) in [5, 5.41) is 10.9. The number of nitro groups is 1. The predicted molar refractivity (Wildman–Crippen MR) is 88.4 cm³/mol. The van der Waals surface area contributed by atoms with Crippen LogP contribution in [0.4, 0.5) is 28.9 Å². The fraction of sp³-hybridized carbons (Fsp3) is 0.200. The van der Waals surface area contributed by atoms with Crippen molar-refractivity contribution in [2.75, 3.05) is 18.4 Å². The molecule has 0 aliphatic heterocycles. The molecule has 0 aromatic heterocycles. The summed E-state index contributed by atoms with van der Waals surface area (Å²) >= 11 is 0. The fourth-order valence-corrected chi connectivity index (χ4v) is 3.31. The summed E-state index contributed by atoms with van der Waals surface area (Å²) in [5.41, 5.74) is -1.20. The van der Waals surface area contributed by atoms with E-state index in [0.29, 0.717) is 12.1 Å². The Morgan fingerprint density at radius 3 is 2.36 bits per heavy atom. The lowest BCUT2D eigenvalue weighted by Crippen LogP contribution is -2.20. The lowest BCUT2D eigenvalue weighted by atomic mass is 10.3. The zero-order valence-electron chi connectivity index (χ0n) is 14.0. The first-order valence-corrected chi connectivity index (χ1v) is 8.75. The van der Waals surface area contributed by atoms with Crippen LogP contribution in [0, 0.1) is 15.9 Å². The van der Waals surface area contributed by atoms with Gasteiger partial charge < -0.3 is 9.47 Å². The number of anilines is 1. The van der Waals surface area contributed by atoms with Crippen molar-refractivity contribution in [2.24, 2.45) is 0 Å². The molecule has 13 heteroatoms. The smallest absolute Gasteiger partial charge is 0.422 e. The molecule has 2 rings (SSSR count). The number of nitrogens with one attached hydrogen (secondary N) is 1. The standard InChI is InChI=1S/C15H12F4N2O6S/c1-26-13-5-3-10(21(22)23)7-14(13)28(24,25)20-11-6-9(16)2-4-12(11)27-8-15(17,18)19/h2-7,20H,8H2,1H3. The highest BCUT2D eigenvalue weighted by molar-refractivity contribution is 7.92. The van der Waals surface area contributed by atoms with Crippen LogP contribution in [0.15, 0.2) is 41.3 Å². The summed E-state index contributed by atoms with van der Waals surface area (Å²) in [6.45, 7) is -1.74. The van der Waals surface area contributed by atoms with E-state index in [0.717, 1.165) is 31.4 Å². The number of halogens is 4. The van der Waals surface area contributed by atoms with Gasteiger partial charge in [0.25, 0.3) is 15.7 Å². The lowest BCUT2D eigenvalue weighted by molar-refractivity contribution is -0.385. The quantitative estimate of drug-likeness (QED) is 0.414. The normalized spacial score (nSPS) is 11.8. The molecule has 0 radical (unpaired) electrons. The van der Waals surface area contributed by atoms with Crippen LogP contribution >= 0.6 is 0 Å². The Morgan fingerprint density at radius 1 is 1.14 bits per heavy atom. The van der Waals surface area contributed by atoms with E-state index in [1.54, 1.807) is 0 Å². The first kappa shape index (κ1) is 21.2. The van der Waals surface area contributed by atoms with Crippen molar-refractivity contribution in [2.45, 2.75) is 11.1 Å². The highest BCUT2D eigenvalue weighted by Crippen LogP contribution is 2.33. The summed E-state index contributed by atoms with van der Waals surface area (Å²) in [4.78, 5) is 9.37. The second-order valence-corrected chi connectivity index (χ2v) is 6.89. The summed E-state index contributed by atoms with van der Waals surface area (Å²) in [6.07, 6.45) is -4.71. The highest BCUT2D eigenvalue weighted by atomic mass is 32.2. The van der Waals surface area contributed by atoms with Crippen molar-refractivity contribution in [3.63, 3.8) is 0 Å². The third kappa shape index (κ3) is 5.22. The van der Waals surface area contributed by atoms with E-state index in [4.69, 9.17) is 4.74 Å². The van der Waals surface area contributed by atoms with Crippen LogP contribution < -0.4 is 14.2 Å². The third-order valence-electron chi connectivity index (χ3n) is 3.22. The Morgan fingerprint density at radius 2 is 1.79 bits per heavy atom.